The Morgan fingerprint density at radius 3 is 2.59 bits per heavy atom. The van der Waals surface area contributed by atoms with Gasteiger partial charge in [0.1, 0.15) is 5.76 Å². The molecule has 2 aliphatic rings. The van der Waals surface area contributed by atoms with Crippen molar-refractivity contribution in [2.75, 3.05) is 26.2 Å². The van der Waals surface area contributed by atoms with Crippen molar-refractivity contribution in [3.05, 3.63) is 117 Å². The van der Waals surface area contributed by atoms with Gasteiger partial charge >= 0.3 is 0 Å². The molecule has 3 aromatic rings. The zero-order valence-corrected chi connectivity index (χ0v) is 23.1. The lowest BCUT2D eigenvalue weighted by Crippen LogP contribution is -2.42. The van der Waals surface area contributed by atoms with Crippen LogP contribution in [-0.4, -0.2) is 41.9 Å². The van der Waals surface area contributed by atoms with Crippen molar-refractivity contribution in [3.8, 4) is 11.3 Å². The monoisotopic (exact) mass is 577 g/mol. The van der Waals surface area contributed by atoms with Gasteiger partial charge in [0.25, 0.3) is 5.91 Å². The second-order valence-electron chi connectivity index (χ2n) is 9.27. The molecule has 1 fully saturated rings. The molecule has 3 heterocycles. The van der Waals surface area contributed by atoms with Crippen molar-refractivity contribution in [3.63, 3.8) is 0 Å². The third kappa shape index (κ3) is 5.47. The summed E-state index contributed by atoms with van der Waals surface area (Å²) in [5.41, 5.74) is 5.76. The van der Waals surface area contributed by atoms with Crippen LogP contribution < -0.4 is 5.32 Å². The van der Waals surface area contributed by atoms with Crippen LogP contribution in [0.15, 0.2) is 99.2 Å². The van der Waals surface area contributed by atoms with E-state index in [2.05, 4.69) is 45.7 Å². The number of nitrogens with one attached hydrogen (secondary N) is 1. The first-order chi connectivity index (χ1) is 17.9. The van der Waals surface area contributed by atoms with E-state index >= 15 is 0 Å². The number of piperazine rings is 1. The van der Waals surface area contributed by atoms with E-state index in [1.165, 1.54) is 5.70 Å². The van der Waals surface area contributed by atoms with E-state index in [4.69, 9.17) is 16.0 Å². The van der Waals surface area contributed by atoms with Crippen molar-refractivity contribution in [2.24, 2.45) is 0 Å². The van der Waals surface area contributed by atoms with Crippen LogP contribution in [-0.2, 0) is 13.0 Å². The van der Waals surface area contributed by atoms with Crippen molar-refractivity contribution < 1.29 is 9.21 Å². The van der Waals surface area contributed by atoms with Crippen LogP contribution in [0.2, 0.25) is 5.02 Å². The molecule has 7 heteroatoms. The third-order valence-electron chi connectivity index (χ3n) is 6.86. The summed E-state index contributed by atoms with van der Waals surface area (Å²) >= 11 is 9.74. The maximum absolute atomic E-state index is 14.0. The number of furan rings is 1. The predicted molar refractivity (Wildman–Crippen MR) is 152 cm³/mol. The summed E-state index contributed by atoms with van der Waals surface area (Å²) in [7, 11) is 0. The van der Waals surface area contributed by atoms with E-state index in [0.717, 1.165) is 58.6 Å². The maximum atomic E-state index is 14.0. The second kappa shape index (κ2) is 11.1. The van der Waals surface area contributed by atoms with E-state index in [9.17, 15) is 4.79 Å². The molecule has 1 saturated heterocycles. The summed E-state index contributed by atoms with van der Waals surface area (Å²) in [5.74, 6) is 0.837. The van der Waals surface area contributed by atoms with Crippen LogP contribution >= 0.6 is 27.5 Å². The van der Waals surface area contributed by atoms with Crippen LogP contribution in [0, 0.1) is 0 Å². The molecule has 1 aromatic heterocycles. The lowest BCUT2D eigenvalue weighted by molar-refractivity contribution is 0.0771. The zero-order valence-electron chi connectivity index (χ0n) is 20.8. The Bertz CT molecular complexity index is 1380. The van der Waals surface area contributed by atoms with Gasteiger partial charge in [-0.2, -0.15) is 0 Å². The molecule has 0 bridgehead atoms. The Labute approximate surface area is 231 Å². The van der Waals surface area contributed by atoms with Gasteiger partial charge in [0.2, 0.25) is 0 Å². The maximum Gasteiger partial charge on any atom is 0.294 e. The number of allylic oxidation sites excluding steroid dienone is 4. The number of benzene rings is 2. The highest BCUT2D eigenvalue weighted by atomic mass is 79.9. The van der Waals surface area contributed by atoms with E-state index < -0.39 is 0 Å². The van der Waals surface area contributed by atoms with Crippen molar-refractivity contribution >= 4 is 33.4 Å². The molecule has 0 atom stereocenters. The van der Waals surface area contributed by atoms with E-state index in [1.807, 2.05) is 54.6 Å². The normalized spacial score (nSPS) is 16.6. The number of rotatable bonds is 6. The van der Waals surface area contributed by atoms with Crippen LogP contribution in [0.3, 0.4) is 0 Å². The Morgan fingerprint density at radius 1 is 1.16 bits per heavy atom. The fourth-order valence-corrected chi connectivity index (χ4v) is 5.42. The first-order valence-corrected chi connectivity index (χ1v) is 13.5. The molecule has 1 N–H and O–H groups in total. The van der Waals surface area contributed by atoms with Gasteiger partial charge in [0.15, 0.2) is 5.76 Å². The first kappa shape index (κ1) is 25.6. The van der Waals surface area contributed by atoms with Crippen LogP contribution in [0.5, 0.6) is 0 Å². The Balaban J connectivity index is 1.61. The molecule has 5 rings (SSSR count). The van der Waals surface area contributed by atoms with Crippen molar-refractivity contribution in [1.29, 1.82) is 0 Å². The number of halogens is 2. The summed E-state index contributed by atoms with van der Waals surface area (Å²) in [6, 6.07) is 17.4. The number of amides is 1. The summed E-state index contributed by atoms with van der Waals surface area (Å²) in [6.45, 7) is 10.5. The quantitative estimate of drug-likeness (QED) is 0.349. The average molecular weight is 579 g/mol. The van der Waals surface area contributed by atoms with Gasteiger partial charge < -0.3 is 19.5 Å². The van der Waals surface area contributed by atoms with Gasteiger partial charge in [0, 0.05) is 64.6 Å². The van der Waals surface area contributed by atoms with E-state index in [0.29, 0.717) is 29.5 Å². The Hall–Kier alpha value is -3.06. The number of hydrogen-bond acceptors (Lipinski definition) is 4. The van der Waals surface area contributed by atoms with E-state index in [1.54, 1.807) is 11.0 Å². The topological polar surface area (TPSA) is 48.7 Å². The van der Waals surface area contributed by atoms with Gasteiger partial charge in [-0.15, -0.1) is 0 Å². The van der Waals surface area contributed by atoms with Gasteiger partial charge in [-0.1, -0.05) is 52.3 Å². The predicted octanol–water partition coefficient (Wildman–Crippen LogP) is 6.81. The standard InChI is InChI=1S/C30H29BrClN3O2/c1-3-27-23(16-20(2)34-14-12-33-13-15-34)17-24-18-28(21-8-10-25(32)11-9-21)37-29(24)30(36)35(27)19-22-6-4-5-7-26(22)31/h3-11,16,18,33H,1,12-15,17,19H2,2H3/b20-16+. The third-order valence-corrected chi connectivity index (χ3v) is 7.88. The molecule has 0 aliphatic carbocycles. The molecular formula is C30H29BrClN3O2. The summed E-state index contributed by atoms with van der Waals surface area (Å²) in [5, 5.41) is 4.06. The molecule has 2 aliphatic heterocycles. The Morgan fingerprint density at radius 2 is 1.89 bits per heavy atom. The lowest BCUT2D eigenvalue weighted by Gasteiger charge is -2.30. The number of nitrogens with zero attached hydrogens (tertiary/aromatic N) is 2. The van der Waals surface area contributed by atoms with Gasteiger partial charge in [-0.3, -0.25) is 4.79 Å². The number of fused-ring (bicyclic) bond motifs is 1. The SMILES string of the molecule is C=CC1=C(/C=C(\C)N2CCNCC2)Cc2cc(-c3ccc(Cl)cc3)oc2C(=O)N1Cc1ccccc1Br. The highest BCUT2D eigenvalue weighted by molar-refractivity contribution is 9.10. The first-order valence-electron chi connectivity index (χ1n) is 12.4. The second-order valence-corrected chi connectivity index (χ2v) is 10.6. The highest BCUT2D eigenvalue weighted by Gasteiger charge is 2.31. The average Bonchev–Trinajstić information content (AvgIpc) is 3.30. The molecule has 0 spiro atoms. The van der Waals surface area contributed by atoms with Gasteiger partial charge in [-0.05, 0) is 66.6 Å². The zero-order chi connectivity index (χ0) is 25.9. The summed E-state index contributed by atoms with van der Waals surface area (Å²) in [4.78, 5) is 18.2. The summed E-state index contributed by atoms with van der Waals surface area (Å²) < 4.78 is 7.19. The molecule has 0 saturated carbocycles. The minimum Gasteiger partial charge on any atom is -0.451 e. The largest absolute Gasteiger partial charge is 0.451 e. The van der Waals surface area contributed by atoms with Gasteiger partial charge in [0.05, 0.1) is 6.54 Å². The molecule has 0 unspecified atom stereocenters. The van der Waals surface area contributed by atoms with E-state index in [-0.39, 0.29) is 5.91 Å². The number of carbonyl (C=O) groups is 1. The number of hydrogen-bond donors (Lipinski definition) is 1. The fourth-order valence-electron chi connectivity index (χ4n) is 4.88. The molecule has 5 nitrogen and oxygen atoms in total. The summed E-state index contributed by atoms with van der Waals surface area (Å²) in [6.07, 6.45) is 4.56. The van der Waals surface area contributed by atoms with Crippen molar-refractivity contribution in [1.82, 2.24) is 15.1 Å². The molecule has 2 aromatic carbocycles. The van der Waals surface area contributed by atoms with Crippen LogP contribution in [0.25, 0.3) is 11.3 Å². The molecule has 1 amide bonds. The molecule has 190 valence electrons. The Kier molecular flexibility index (Phi) is 7.70. The minimum atomic E-state index is -0.177. The van der Waals surface area contributed by atoms with Crippen molar-refractivity contribution in [2.45, 2.75) is 19.9 Å². The lowest BCUT2D eigenvalue weighted by atomic mass is 10.0. The highest BCUT2D eigenvalue weighted by Crippen LogP contribution is 2.35. The molecule has 0 radical (unpaired) electrons. The van der Waals surface area contributed by atoms with Crippen LogP contribution in [0.1, 0.15) is 28.6 Å². The number of carbonyl (C=O) groups excluding carboxylic acids is 1. The van der Waals surface area contributed by atoms with Crippen LogP contribution in [0.4, 0.5) is 0 Å². The fraction of sp³-hybridized carbons (Fsp3) is 0.233. The smallest absolute Gasteiger partial charge is 0.294 e. The van der Waals surface area contributed by atoms with Gasteiger partial charge in [-0.25, -0.2) is 0 Å². The minimum absolute atomic E-state index is 0.177. The molecular weight excluding hydrogens is 550 g/mol. The molecule has 37 heavy (non-hydrogen) atoms.